The van der Waals surface area contributed by atoms with Crippen molar-refractivity contribution < 1.29 is 52.0 Å². The van der Waals surface area contributed by atoms with E-state index in [1.807, 2.05) is 0 Å². The van der Waals surface area contributed by atoms with Gasteiger partial charge < -0.3 is 45.7 Å². The number of amides is 3. The van der Waals surface area contributed by atoms with Gasteiger partial charge in [-0.25, -0.2) is 4.98 Å². The Bertz CT molecular complexity index is 961. The Kier molecular flexibility index (Phi) is 16.0. The first kappa shape index (κ1) is 35.1. The summed E-state index contributed by atoms with van der Waals surface area (Å²) < 4.78 is 54.7. The van der Waals surface area contributed by atoms with Gasteiger partial charge in [0.2, 0.25) is 18.2 Å². The van der Waals surface area contributed by atoms with Crippen LogP contribution in [0.15, 0.2) is 12.4 Å². The zero-order valence-corrected chi connectivity index (χ0v) is 23.1. The number of rotatable bonds is 20. The number of hydrogen-bond acceptors (Lipinski definition) is 11. The summed E-state index contributed by atoms with van der Waals surface area (Å²) in [5, 5.41) is 31.3. The summed E-state index contributed by atoms with van der Waals surface area (Å²) in [7, 11) is 0. The quantitative estimate of drug-likeness (QED) is 0.0815. The Morgan fingerprint density at radius 1 is 0.976 bits per heavy atom. The first-order valence-electron chi connectivity index (χ1n) is 13.6. The first-order chi connectivity index (χ1) is 20.1. The van der Waals surface area contributed by atoms with Crippen molar-refractivity contribution in [2.45, 2.75) is 62.6 Å². The molecule has 1 fully saturated rings. The third-order valence-electron chi connectivity index (χ3n) is 6.06. The molecule has 4 atom stereocenters. The minimum Gasteiger partial charge on any atom is -0.388 e. The van der Waals surface area contributed by atoms with Crippen molar-refractivity contribution in [1.29, 1.82) is 0 Å². The van der Waals surface area contributed by atoms with E-state index in [9.17, 15) is 37.8 Å². The Hall–Kier alpha value is -3.12. The van der Waals surface area contributed by atoms with E-state index in [0.717, 1.165) is 6.20 Å². The van der Waals surface area contributed by atoms with E-state index in [2.05, 4.69) is 31.2 Å². The minimum absolute atomic E-state index is 0.0181. The molecule has 0 aliphatic carbocycles. The van der Waals surface area contributed by atoms with Crippen LogP contribution in [-0.4, -0.2) is 115 Å². The second-order valence-electron chi connectivity index (χ2n) is 9.41. The molecule has 0 spiro atoms. The fraction of sp³-hybridized carbons (Fsp3) is 0.720. The van der Waals surface area contributed by atoms with Crippen LogP contribution in [0.25, 0.3) is 0 Å². The zero-order valence-electron chi connectivity index (χ0n) is 23.1. The summed E-state index contributed by atoms with van der Waals surface area (Å²) in [5.74, 6) is -0.502. The van der Waals surface area contributed by atoms with Crippen molar-refractivity contribution >= 4 is 24.0 Å². The topological polar surface area (TPSA) is 193 Å². The predicted octanol–water partition coefficient (Wildman–Crippen LogP) is -0.641. The molecule has 238 valence electrons. The lowest BCUT2D eigenvalue weighted by molar-refractivity contribution is -0.159. The van der Waals surface area contributed by atoms with Crippen LogP contribution in [0, 0.1) is 0 Å². The van der Waals surface area contributed by atoms with Crippen LogP contribution >= 0.6 is 0 Å². The Morgan fingerprint density at radius 2 is 1.71 bits per heavy atom. The average Bonchev–Trinajstić information content (AvgIpc) is 2.95. The monoisotopic (exact) mass is 608 g/mol. The second-order valence-corrected chi connectivity index (χ2v) is 9.41. The number of carbonyl (C=O) groups is 3. The molecule has 0 unspecified atom stereocenters. The number of carbonyl (C=O) groups excluding carboxylic acids is 3. The summed E-state index contributed by atoms with van der Waals surface area (Å²) in [4.78, 5) is 40.6. The highest BCUT2D eigenvalue weighted by molar-refractivity contribution is 5.76. The number of aromatic nitrogens is 2. The fourth-order valence-corrected chi connectivity index (χ4v) is 3.79. The van der Waals surface area contributed by atoms with Crippen molar-refractivity contribution in [3.8, 4) is 0 Å². The molecule has 1 aliphatic rings. The SMILES string of the molecule is O=CNCCOCCC(=O)NCCCNC(=O)CCCCOC[C@H]1OC[C@H](Nc2cncc(C(F)(F)F)n2)[C@@H](O)[C@H]1O. The number of anilines is 1. The van der Waals surface area contributed by atoms with Crippen molar-refractivity contribution in [2.75, 3.05) is 58.0 Å². The highest BCUT2D eigenvalue weighted by Crippen LogP contribution is 2.28. The maximum absolute atomic E-state index is 12.8. The van der Waals surface area contributed by atoms with Crippen LogP contribution in [0.1, 0.15) is 37.8 Å². The van der Waals surface area contributed by atoms with Gasteiger partial charge in [0.15, 0.2) is 5.69 Å². The minimum atomic E-state index is -4.67. The molecule has 0 bridgehead atoms. The molecule has 2 rings (SSSR count). The van der Waals surface area contributed by atoms with Gasteiger partial charge in [0, 0.05) is 39.1 Å². The van der Waals surface area contributed by atoms with Crippen LogP contribution in [0.4, 0.5) is 19.0 Å². The molecular formula is C25H39F3N6O8. The number of halogens is 3. The van der Waals surface area contributed by atoms with Crippen molar-refractivity contribution in [1.82, 2.24) is 25.9 Å². The number of aliphatic hydroxyl groups excluding tert-OH is 2. The van der Waals surface area contributed by atoms with E-state index in [-0.39, 0.29) is 43.9 Å². The van der Waals surface area contributed by atoms with Crippen molar-refractivity contribution in [3.63, 3.8) is 0 Å². The molecule has 1 aromatic rings. The van der Waals surface area contributed by atoms with E-state index in [1.54, 1.807) is 0 Å². The molecule has 0 saturated carbocycles. The van der Waals surface area contributed by atoms with Gasteiger partial charge in [-0.15, -0.1) is 0 Å². The van der Waals surface area contributed by atoms with E-state index >= 15 is 0 Å². The summed E-state index contributed by atoms with van der Waals surface area (Å²) in [6, 6.07) is -0.910. The first-order valence-corrected chi connectivity index (χ1v) is 13.6. The van der Waals surface area contributed by atoms with Crippen LogP contribution in [-0.2, 0) is 34.8 Å². The highest BCUT2D eigenvalue weighted by atomic mass is 19.4. The number of hydrogen-bond donors (Lipinski definition) is 6. The van der Waals surface area contributed by atoms with Gasteiger partial charge in [-0.05, 0) is 19.3 Å². The molecule has 1 saturated heterocycles. The van der Waals surface area contributed by atoms with E-state index in [1.165, 1.54) is 0 Å². The number of alkyl halides is 3. The van der Waals surface area contributed by atoms with E-state index in [0.29, 0.717) is 71.1 Å². The molecule has 3 amide bonds. The molecule has 0 radical (unpaired) electrons. The second kappa shape index (κ2) is 19.1. The summed E-state index contributed by atoms with van der Waals surface area (Å²) in [5.41, 5.74) is -1.19. The van der Waals surface area contributed by atoms with Gasteiger partial charge in [-0.2, -0.15) is 13.2 Å². The van der Waals surface area contributed by atoms with Gasteiger partial charge in [-0.1, -0.05) is 0 Å². The lowest BCUT2D eigenvalue weighted by Crippen LogP contribution is -2.57. The maximum atomic E-state index is 12.8. The highest BCUT2D eigenvalue weighted by Gasteiger charge is 2.39. The number of ether oxygens (including phenoxy) is 3. The third-order valence-corrected chi connectivity index (χ3v) is 6.06. The Morgan fingerprint density at radius 3 is 2.43 bits per heavy atom. The van der Waals surface area contributed by atoms with Crippen molar-refractivity contribution in [2.24, 2.45) is 0 Å². The summed E-state index contributed by atoms with van der Waals surface area (Å²) >= 11 is 0. The van der Waals surface area contributed by atoms with Crippen molar-refractivity contribution in [3.05, 3.63) is 18.1 Å². The van der Waals surface area contributed by atoms with Crippen LogP contribution < -0.4 is 21.3 Å². The smallest absolute Gasteiger partial charge is 0.388 e. The molecule has 17 heteroatoms. The fourth-order valence-electron chi connectivity index (χ4n) is 3.79. The van der Waals surface area contributed by atoms with Gasteiger partial charge in [0.1, 0.15) is 24.1 Å². The average molecular weight is 609 g/mol. The standard InChI is InChI=1S/C25H39F3N6O8/c26-25(27,28)19-12-30-13-20(34-19)33-17-14-42-18(24(39)23(17)38)15-41-9-2-1-4-21(36)31-6-3-7-32-22(37)5-10-40-11-8-29-16-35/h12-13,16-18,23-24,38-39H,1-11,14-15H2,(H,29,35)(H,31,36)(H,32,37)(H,33,34)/t17-,18+,23+,24-/m0/s1. The molecule has 14 nitrogen and oxygen atoms in total. The molecule has 6 N–H and O–H groups in total. The Labute approximate surface area is 241 Å². The lowest BCUT2D eigenvalue weighted by atomic mass is 9.98. The van der Waals surface area contributed by atoms with Gasteiger partial charge >= 0.3 is 6.18 Å². The molecule has 1 aliphatic heterocycles. The van der Waals surface area contributed by atoms with E-state index in [4.69, 9.17) is 14.2 Å². The maximum Gasteiger partial charge on any atom is 0.434 e. The van der Waals surface area contributed by atoms with Crippen LogP contribution in [0.5, 0.6) is 0 Å². The number of unbranched alkanes of at least 4 members (excludes halogenated alkanes) is 1. The molecule has 0 aromatic carbocycles. The van der Waals surface area contributed by atoms with Gasteiger partial charge in [0.05, 0.1) is 44.9 Å². The number of aliphatic hydroxyl groups is 2. The number of nitrogens with one attached hydrogen (secondary N) is 4. The molecule has 1 aromatic heterocycles. The number of nitrogens with zero attached hydrogens (tertiary/aromatic N) is 2. The zero-order chi connectivity index (χ0) is 30.8. The Balaban J connectivity index is 1.49. The molecule has 2 heterocycles. The molecule has 42 heavy (non-hydrogen) atoms. The van der Waals surface area contributed by atoms with Gasteiger partial charge in [-0.3, -0.25) is 19.4 Å². The van der Waals surface area contributed by atoms with E-state index < -0.39 is 36.2 Å². The van der Waals surface area contributed by atoms with Gasteiger partial charge in [0.25, 0.3) is 0 Å². The largest absolute Gasteiger partial charge is 0.434 e. The van der Waals surface area contributed by atoms with Crippen LogP contribution in [0.2, 0.25) is 0 Å². The summed E-state index contributed by atoms with van der Waals surface area (Å²) in [6.07, 6.45) is -3.78. The normalized spacial score (nSPS) is 20.5. The summed E-state index contributed by atoms with van der Waals surface area (Å²) in [6.45, 7) is 1.97. The third kappa shape index (κ3) is 13.7. The predicted molar refractivity (Wildman–Crippen MR) is 141 cm³/mol. The van der Waals surface area contributed by atoms with Crippen LogP contribution in [0.3, 0.4) is 0 Å². The molecular weight excluding hydrogens is 569 g/mol. The lowest BCUT2D eigenvalue weighted by Gasteiger charge is -2.38.